The highest BCUT2D eigenvalue weighted by Gasteiger charge is 2.04. The van der Waals surface area contributed by atoms with E-state index in [1.165, 1.54) is 11.5 Å². The Bertz CT molecular complexity index is 341. The minimum atomic E-state index is 0.446. The van der Waals surface area contributed by atoms with Crippen LogP contribution in [-0.2, 0) is 0 Å². The number of H-pyrrole nitrogens is 1. The molecule has 0 amide bonds. The molecule has 0 spiro atoms. The van der Waals surface area contributed by atoms with Crippen molar-refractivity contribution in [1.82, 2.24) is 19.6 Å². The Kier molecular flexibility index (Phi) is 1.59. The third-order valence-electron chi connectivity index (χ3n) is 1.16. The summed E-state index contributed by atoms with van der Waals surface area (Å²) in [6.45, 7) is 0. The number of hydrogen-bond donors (Lipinski definition) is 1. The summed E-state index contributed by atoms with van der Waals surface area (Å²) in [6, 6.07) is 0. The van der Waals surface area contributed by atoms with Crippen LogP contribution in [0.3, 0.4) is 0 Å². The zero-order valence-electron chi connectivity index (χ0n) is 5.28. The van der Waals surface area contributed by atoms with Gasteiger partial charge in [0.2, 0.25) is 4.47 Å². The van der Waals surface area contributed by atoms with Crippen molar-refractivity contribution in [2.45, 2.75) is 0 Å². The maximum atomic E-state index is 5.59. The molecule has 0 saturated heterocycles. The first-order chi connectivity index (χ1) is 5.36. The van der Waals surface area contributed by atoms with Crippen LogP contribution in [0.5, 0.6) is 0 Å². The van der Waals surface area contributed by atoms with Crippen molar-refractivity contribution >= 4 is 23.1 Å². The average Bonchev–Trinajstić information content (AvgIpc) is 2.55. The summed E-state index contributed by atoms with van der Waals surface area (Å²) in [4.78, 5) is 3.97. The number of aromatic nitrogens is 4. The molecule has 0 saturated carbocycles. The van der Waals surface area contributed by atoms with E-state index < -0.39 is 0 Å². The van der Waals surface area contributed by atoms with Crippen molar-refractivity contribution in [2.24, 2.45) is 0 Å². The molecule has 0 unspecified atom stereocenters. The highest BCUT2D eigenvalue weighted by molar-refractivity contribution is 7.10. The molecule has 11 heavy (non-hydrogen) atoms. The van der Waals surface area contributed by atoms with Gasteiger partial charge in [0.05, 0.1) is 11.8 Å². The van der Waals surface area contributed by atoms with Gasteiger partial charge >= 0.3 is 0 Å². The van der Waals surface area contributed by atoms with Crippen molar-refractivity contribution in [3.63, 3.8) is 0 Å². The fourth-order valence-electron chi connectivity index (χ4n) is 0.695. The minimum Gasteiger partial charge on any atom is -0.285 e. The van der Waals surface area contributed by atoms with E-state index >= 15 is 0 Å². The van der Waals surface area contributed by atoms with Crippen LogP contribution >= 0.6 is 23.1 Å². The molecule has 6 heteroatoms. The minimum absolute atomic E-state index is 0.446. The number of nitrogens with one attached hydrogen (secondary N) is 1. The van der Waals surface area contributed by atoms with Crippen molar-refractivity contribution in [3.8, 4) is 11.4 Å². The van der Waals surface area contributed by atoms with E-state index in [9.17, 15) is 0 Å². The third kappa shape index (κ3) is 1.24. The molecule has 0 bridgehead atoms. The summed E-state index contributed by atoms with van der Waals surface area (Å²) >= 11 is 6.76. The SMILES string of the molecule is Clc1nc(-c2cn[nH]c2)ns1. The second-order valence-corrected chi connectivity index (χ2v) is 3.19. The van der Waals surface area contributed by atoms with E-state index in [1.807, 2.05) is 0 Å². The first-order valence-electron chi connectivity index (χ1n) is 2.84. The van der Waals surface area contributed by atoms with E-state index in [1.54, 1.807) is 12.4 Å². The van der Waals surface area contributed by atoms with Crippen LogP contribution in [-0.4, -0.2) is 19.6 Å². The molecule has 0 aliphatic heterocycles. The third-order valence-corrected chi connectivity index (χ3v) is 1.96. The molecule has 4 nitrogen and oxygen atoms in total. The van der Waals surface area contributed by atoms with Gasteiger partial charge in [0.1, 0.15) is 0 Å². The van der Waals surface area contributed by atoms with Gasteiger partial charge in [-0.3, -0.25) is 5.10 Å². The lowest BCUT2D eigenvalue weighted by molar-refractivity contribution is 1.09. The van der Waals surface area contributed by atoms with Crippen LogP contribution in [0.4, 0.5) is 0 Å². The Morgan fingerprint density at radius 1 is 1.55 bits per heavy atom. The topological polar surface area (TPSA) is 54.5 Å². The average molecular weight is 187 g/mol. The Morgan fingerprint density at radius 2 is 2.45 bits per heavy atom. The second kappa shape index (κ2) is 2.60. The summed E-state index contributed by atoms with van der Waals surface area (Å²) in [5, 5.41) is 6.43. The van der Waals surface area contributed by atoms with Crippen molar-refractivity contribution < 1.29 is 0 Å². The molecule has 1 N–H and O–H groups in total. The van der Waals surface area contributed by atoms with E-state index in [-0.39, 0.29) is 0 Å². The fourth-order valence-corrected chi connectivity index (χ4v) is 1.31. The molecule has 2 rings (SSSR count). The molecule has 0 fully saturated rings. The van der Waals surface area contributed by atoms with Crippen LogP contribution < -0.4 is 0 Å². The van der Waals surface area contributed by atoms with Gasteiger partial charge < -0.3 is 0 Å². The van der Waals surface area contributed by atoms with Crippen LogP contribution in [0, 0.1) is 0 Å². The molecule has 0 aromatic carbocycles. The van der Waals surface area contributed by atoms with Gasteiger partial charge in [-0.1, -0.05) is 0 Å². The molecule has 2 heterocycles. The predicted molar refractivity (Wildman–Crippen MR) is 42.5 cm³/mol. The highest BCUT2D eigenvalue weighted by Crippen LogP contribution is 2.18. The van der Waals surface area contributed by atoms with E-state index in [0.29, 0.717) is 10.3 Å². The van der Waals surface area contributed by atoms with E-state index in [0.717, 1.165) is 5.56 Å². The van der Waals surface area contributed by atoms with Gasteiger partial charge in [0.15, 0.2) is 5.82 Å². The largest absolute Gasteiger partial charge is 0.285 e. The van der Waals surface area contributed by atoms with Crippen LogP contribution in [0.1, 0.15) is 0 Å². The second-order valence-electron chi connectivity index (χ2n) is 1.86. The van der Waals surface area contributed by atoms with E-state index in [4.69, 9.17) is 11.6 Å². The van der Waals surface area contributed by atoms with Gasteiger partial charge in [-0.25, -0.2) is 4.98 Å². The summed E-state index contributed by atoms with van der Waals surface area (Å²) in [5.74, 6) is 0.619. The number of nitrogens with zero attached hydrogens (tertiary/aromatic N) is 3. The highest BCUT2D eigenvalue weighted by atomic mass is 35.5. The molecule has 0 radical (unpaired) electrons. The maximum absolute atomic E-state index is 5.59. The van der Waals surface area contributed by atoms with E-state index in [2.05, 4.69) is 19.6 Å². The fraction of sp³-hybridized carbons (Fsp3) is 0. The first-order valence-corrected chi connectivity index (χ1v) is 4.00. The molecule has 0 aliphatic carbocycles. The van der Waals surface area contributed by atoms with Crippen molar-refractivity contribution in [2.75, 3.05) is 0 Å². The smallest absolute Gasteiger partial charge is 0.203 e. The van der Waals surface area contributed by atoms with Crippen molar-refractivity contribution in [3.05, 3.63) is 16.9 Å². The summed E-state index contributed by atoms with van der Waals surface area (Å²) in [5.41, 5.74) is 0.855. The monoisotopic (exact) mass is 186 g/mol. The standard InChI is InChI=1S/C5H3ClN4S/c6-5-9-4(10-11-5)3-1-7-8-2-3/h1-2H,(H,7,8). The lowest BCUT2D eigenvalue weighted by Gasteiger charge is -1.81. The Balaban J connectivity index is 2.45. The van der Waals surface area contributed by atoms with Gasteiger partial charge in [-0.2, -0.15) is 9.47 Å². The number of halogens is 1. The van der Waals surface area contributed by atoms with Gasteiger partial charge in [0, 0.05) is 6.20 Å². The quantitative estimate of drug-likeness (QED) is 0.736. The van der Waals surface area contributed by atoms with Crippen LogP contribution in [0.2, 0.25) is 4.47 Å². The molecule has 0 atom stereocenters. The Labute approximate surface area is 71.4 Å². The molecule has 56 valence electrons. The van der Waals surface area contributed by atoms with Crippen LogP contribution in [0.25, 0.3) is 11.4 Å². The summed E-state index contributed by atoms with van der Waals surface area (Å²) < 4.78 is 4.44. The lowest BCUT2D eigenvalue weighted by Crippen LogP contribution is -1.74. The number of hydrogen-bond acceptors (Lipinski definition) is 4. The zero-order chi connectivity index (χ0) is 7.68. The van der Waals surface area contributed by atoms with Crippen LogP contribution in [0.15, 0.2) is 12.4 Å². The molecular formula is C5H3ClN4S. The zero-order valence-corrected chi connectivity index (χ0v) is 6.85. The lowest BCUT2D eigenvalue weighted by atomic mass is 10.3. The molecular weight excluding hydrogens is 184 g/mol. The first kappa shape index (κ1) is 6.75. The summed E-state index contributed by atoms with van der Waals surface area (Å²) in [7, 11) is 0. The summed E-state index contributed by atoms with van der Waals surface area (Å²) in [6.07, 6.45) is 3.37. The number of aromatic amines is 1. The van der Waals surface area contributed by atoms with Gasteiger partial charge in [-0.05, 0) is 23.1 Å². The van der Waals surface area contributed by atoms with Crippen molar-refractivity contribution in [1.29, 1.82) is 0 Å². The van der Waals surface area contributed by atoms with Gasteiger partial charge in [-0.15, -0.1) is 0 Å². The van der Waals surface area contributed by atoms with Gasteiger partial charge in [0.25, 0.3) is 0 Å². The molecule has 0 aliphatic rings. The predicted octanol–water partition coefficient (Wildman–Crippen LogP) is 1.58. The normalized spacial score (nSPS) is 10.3. The Hall–Kier alpha value is -0.940. The number of rotatable bonds is 1. The molecule has 2 aromatic rings. The maximum Gasteiger partial charge on any atom is 0.203 e. The molecule has 2 aromatic heterocycles. The Morgan fingerprint density at radius 3 is 3.00 bits per heavy atom.